The maximum Gasteiger partial charge on any atom is 0.280 e. The Morgan fingerprint density at radius 1 is 1.04 bits per heavy atom. The molecule has 2 unspecified atom stereocenters. The van der Waals surface area contributed by atoms with Crippen molar-refractivity contribution in [2.24, 2.45) is 15.3 Å². The number of aliphatic hydroxyl groups is 3. The molecule has 16 heteroatoms. The number of rotatable bonds is 6. The third-order valence-corrected chi connectivity index (χ3v) is 4.53. The van der Waals surface area contributed by atoms with Crippen LogP contribution >= 0.6 is 0 Å². The lowest BCUT2D eigenvalue weighted by Crippen LogP contribution is -2.59. The summed E-state index contributed by atoms with van der Waals surface area (Å²) in [5.74, 6) is -3.65. The van der Waals surface area contributed by atoms with Gasteiger partial charge in [-0.2, -0.15) is 0 Å². The number of halogens is 2. The van der Waals surface area contributed by atoms with Gasteiger partial charge >= 0.3 is 0 Å². The Hall–Kier alpha value is -2.41. The van der Waals surface area contributed by atoms with Crippen LogP contribution in [0.5, 0.6) is 0 Å². The number of hydrogen-bond acceptors (Lipinski definition) is 8. The van der Waals surface area contributed by atoms with E-state index >= 15 is 0 Å². The highest BCUT2D eigenvalue weighted by Crippen LogP contribution is 2.37. The maximum atomic E-state index is 14.1. The molecular formula is C12H17F2N9O5. The van der Waals surface area contributed by atoms with Crippen molar-refractivity contribution in [2.45, 2.75) is 67.7 Å². The van der Waals surface area contributed by atoms with E-state index in [1.54, 1.807) is 0 Å². The van der Waals surface area contributed by atoms with Crippen LogP contribution in [0.4, 0.5) is 8.78 Å². The zero-order valence-corrected chi connectivity index (χ0v) is 14.2. The van der Waals surface area contributed by atoms with E-state index in [4.69, 9.17) is 26.1 Å². The number of aliphatic hydroxyl groups excluding tert-OH is 3. The Bertz CT molecular complexity index is 710. The molecule has 1 aliphatic carbocycles. The van der Waals surface area contributed by atoms with Gasteiger partial charge in [-0.25, -0.2) is 8.78 Å². The molecule has 0 spiro atoms. The molecule has 8 atom stereocenters. The van der Waals surface area contributed by atoms with Crippen molar-refractivity contribution in [3.63, 3.8) is 0 Å². The minimum absolute atomic E-state index is 0.203. The first-order chi connectivity index (χ1) is 13.2. The fourth-order valence-electron chi connectivity index (χ4n) is 3.15. The summed E-state index contributed by atoms with van der Waals surface area (Å²) >= 11 is 0. The van der Waals surface area contributed by atoms with Gasteiger partial charge in [-0.05, 0) is 23.0 Å². The lowest BCUT2D eigenvalue weighted by Gasteiger charge is -2.44. The summed E-state index contributed by atoms with van der Waals surface area (Å²) in [5.41, 5.74) is 25.5. The molecule has 1 saturated carbocycles. The van der Waals surface area contributed by atoms with E-state index in [9.17, 15) is 24.1 Å². The van der Waals surface area contributed by atoms with Crippen molar-refractivity contribution in [2.75, 3.05) is 6.54 Å². The molecule has 1 heterocycles. The second-order valence-electron chi connectivity index (χ2n) is 6.29. The van der Waals surface area contributed by atoms with Crippen molar-refractivity contribution in [1.29, 1.82) is 0 Å². The van der Waals surface area contributed by atoms with Gasteiger partial charge in [-0.1, -0.05) is 15.3 Å². The van der Waals surface area contributed by atoms with Crippen molar-refractivity contribution in [3.05, 3.63) is 31.3 Å². The van der Waals surface area contributed by atoms with Gasteiger partial charge in [0, 0.05) is 14.7 Å². The van der Waals surface area contributed by atoms with Crippen molar-refractivity contribution >= 4 is 0 Å². The zero-order valence-electron chi connectivity index (χ0n) is 14.2. The molecule has 2 rings (SSSR count). The van der Waals surface area contributed by atoms with Crippen molar-refractivity contribution in [3.8, 4) is 0 Å². The predicted molar refractivity (Wildman–Crippen MR) is 85.6 cm³/mol. The number of hydrogen-bond donors (Lipinski definition) is 3. The Balaban J connectivity index is 2.21. The average Bonchev–Trinajstić information content (AvgIpc) is 2.64. The van der Waals surface area contributed by atoms with Crippen LogP contribution in [0.25, 0.3) is 31.3 Å². The topological polar surface area (TPSA) is 225 Å². The van der Waals surface area contributed by atoms with Crippen LogP contribution in [0.3, 0.4) is 0 Å². The summed E-state index contributed by atoms with van der Waals surface area (Å²) in [6, 6.07) is -2.28. The van der Waals surface area contributed by atoms with Gasteiger partial charge in [0.2, 0.25) is 0 Å². The fourth-order valence-corrected chi connectivity index (χ4v) is 3.15. The van der Waals surface area contributed by atoms with Crippen LogP contribution in [-0.4, -0.2) is 76.7 Å². The maximum absolute atomic E-state index is 14.1. The molecule has 28 heavy (non-hydrogen) atoms. The van der Waals surface area contributed by atoms with E-state index in [2.05, 4.69) is 30.1 Å². The third-order valence-electron chi connectivity index (χ3n) is 4.53. The number of alkyl halides is 2. The predicted octanol–water partition coefficient (Wildman–Crippen LogP) is 1.28. The molecule has 0 radical (unpaired) electrons. The first-order valence-corrected chi connectivity index (χ1v) is 8.07. The third kappa shape index (κ3) is 4.70. The average molecular weight is 405 g/mol. The summed E-state index contributed by atoms with van der Waals surface area (Å²) in [6.07, 6.45) is -11.6. The lowest BCUT2D eigenvalue weighted by atomic mass is 9.84. The van der Waals surface area contributed by atoms with Gasteiger partial charge in [-0.3, -0.25) is 0 Å². The van der Waals surface area contributed by atoms with E-state index in [0.29, 0.717) is 0 Å². The molecule has 154 valence electrons. The first kappa shape index (κ1) is 21.9. The second-order valence-corrected chi connectivity index (χ2v) is 6.29. The van der Waals surface area contributed by atoms with Crippen LogP contribution < -0.4 is 0 Å². The Kier molecular flexibility index (Phi) is 7.18. The van der Waals surface area contributed by atoms with Gasteiger partial charge in [0.15, 0.2) is 6.29 Å². The second kappa shape index (κ2) is 9.19. The molecule has 14 nitrogen and oxygen atoms in total. The highest BCUT2D eigenvalue weighted by Gasteiger charge is 2.53. The molecule has 0 aromatic rings. The van der Waals surface area contributed by atoms with E-state index in [0.717, 1.165) is 0 Å². The Labute approximate surface area is 155 Å². The van der Waals surface area contributed by atoms with E-state index in [1.807, 2.05) is 0 Å². The smallest absolute Gasteiger partial charge is 0.280 e. The summed E-state index contributed by atoms with van der Waals surface area (Å²) in [4.78, 5) is 7.54. The lowest BCUT2D eigenvalue weighted by molar-refractivity contribution is -0.312. The van der Waals surface area contributed by atoms with Crippen molar-refractivity contribution < 1.29 is 33.6 Å². The molecule has 0 aromatic carbocycles. The first-order valence-electron chi connectivity index (χ1n) is 8.07. The summed E-state index contributed by atoms with van der Waals surface area (Å²) in [5, 5.41) is 39.8. The van der Waals surface area contributed by atoms with Gasteiger partial charge in [-0.15, -0.1) is 0 Å². The normalized spacial score (nSPS) is 39.8. The minimum Gasteiger partial charge on any atom is -0.390 e. The van der Waals surface area contributed by atoms with E-state index in [-0.39, 0.29) is 6.42 Å². The molecule has 0 aromatic heterocycles. The standard InChI is InChI=1S/C12H17F2N9O5/c13-12(14)2-7(27-6(11(12)26)3-18-21-15)28-10-5(20-23-17)1-4(19-22-16)8(24)9(10)25/h4-11,24-26H,1-3H2/t4?,5?,6-,7-,8+,9-,10-,11-/m1/s1. The quantitative estimate of drug-likeness (QED) is 0.336. The molecular weight excluding hydrogens is 388 g/mol. The van der Waals surface area contributed by atoms with Crippen LogP contribution in [0, 0.1) is 0 Å². The summed E-state index contributed by atoms with van der Waals surface area (Å²) in [6.45, 7) is -0.596. The van der Waals surface area contributed by atoms with Crippen LogP contribution in [0.1, 0.15) is 12.8 Å². The molecule has 2 aliphatic rings. The highest BCUT2D eigenvalue weighted by atomic mass is 19.3. The largest absolute Gasteiger partial charge is 0.390 e. The van der Waals surface area contributed by atoms with Crippen LogP contribution in [0.2, 0.25) is 0 Å². The van der Waals surface area contributed by atoms with E-state index < -0.39 is 67.8 Å². The number of nitrogens with zero attached hydrogens (tertiary/aromatic N) is 9. The number of azide groups is 3. The summed E-state index contributed by atoms with van der Waals surface area (Å²) in [7, 11) is 0. The van der Waals surface area contributed by atoms with Crippen LogP contribution in [0.15, 0.2) is 15.3 Å². The molecule has 0 amide bonds. The van der Waals surface area contributed by atoms with Gasteiger partial charge in [0.05, 0.1) is 43.4 Å². The Morgan fingerprint density at radius 2 is 1.68 bits per heavy atom. The van der Waals surface area contributed by atoms with Gasteiger partial charge in [0.1, 0.15) is 12.2 Å². The fraction of sp³-hybridized carbons (Fsp3) is 1.00. The highest BCUT2D eigenvalue weighted by molar-refractivity contribution is 5.01. The van der Waals surface area contributed by atoms with Crippen molar-refractivity contribution in [1.82, 2.24) is 0 Å². The SMILES string of the molecule is [N-]=[N+]=NC[C@H]1O[C@H](O[C@@H]2C(N=[N+]=[N-])CC(N=[N+]=[N-])[C@H](O)[C@H]2O)CC(F)(F)[C@@H]1O. The molecule has 0 bridgehead atoms. The van der Waals surface area contributed by atoms with E-state index in [1.165, 1.54) is 0 Å². The van der Waals surface area contributed by atoms with Crippen LogP contribution in [-0.2, 0) is 9.47 Å². The molecule has 1 aliphatic heterocycles. The number of ether oxygens (including phenoxy) is 2. The zero-order chi connectivity index (χ0) is 20.9. The minimum atomic E-state index is -3.65. The monoisotopic (exact) mass is 405 g/mol. The van der Waals surface area contributed by atoms with Gasteiger partial charge < -0.3 is 24.8 Å². The Morgan fingerprint density at radius 3 is 2.29 bits per heavy atom. The molecule has 2 fully saturated rings. The summed E-state index contributed by atoms with van der Waals surface area (Å²) < 4.78 is 38.7. The van der Waals surface area contributed by atoms with Gasteiger partial charge in [0.25, 0.3) is 5.92 Å². The molecule has 3 N–H and O–H groups in total. The molecule has 1 saturated heterocycles.